The predicted molar refractivity (Wildman–Crippen MR) is 110 cm³/mol. The summed E-state index contributed by atoms with van der Waals surface area (Å²) < 4.78 is 7.56. The molecule has 0 radical (unpaired) electrons. The predicted octanol–water partition coefficient (Wildman–Crippen LogP) is 2.24. The molecule has 0 aliphatic carbocycles. The molecule has 0 bridgehead atoms. The van der Waals surface area contributed by atoms with Crippen LogP contribution in [0.5, 0.6) is 0 Å². The number of fused-ring (bicyclic) bond motifs is 1. The molecule has 2 aromatic heterocycles. The van der Waals surface area contributed by atoms with E-state index in [1.807, 2.05) is 26.0 Å². The number of hydrogen-bond donors (Lipinski definition) is 1. The molecule has 2 saturated heterocycles. The molecule has 2 aliphatic heterocycles. The van der Waals surface area contributed by atoms with Crippen molar-refractivity contribution in [3.05, 3.63) is 44.4 Å². The number of allylic oxidation sites excluding steroid dienone is 1. The topological polar surface area (TPSA) is 80.2 Å². The monoisotopic (exact) mass is 384 g/mol. The molecular formula is C21H28N4O3. The molecule has 7 nitrogen and oxygen atoms in total. The molecule has 0 saturated carbocycles. The highest BCUT2D eigenvalue weighted by Gasteiger charge is 2.27. The minimum atomic E-state index is -0.370. The number of likely N-dealkylation sites (tertiary alicyclic amines) is 1. The van der Waals surface area contributed by atoms with E-state index in [9.17, 15) is 9.59 Å². The molecule has 1 atom stereocenters. The lowest BCUT2D eigenvalue weighted by atomic mass is 10.0. The van der Waals surface area contributed by atoms with Crippen molar-refractivity contribution in [1.82, 2.24) is 19.4 Å². The van der Waals surface area contributed by atoms with Gasteiger partial charge in [-0.2, -0.15) is 0 Å². The summed E-state index contributed by atoms with van der Waals surface area (Å²) in [6.07, 6.45) is 9.84. The Morgan fingerprint density at radius 3 is 2.75 bits per heavy atom. The second kappa shape index (κ2) is 8.01. The van der Waals surface area contributed by atoms with Gasteiger partial charge in [-0.25, -0.2) is 4.79 Å². The number of aromatic nitrogens is 3. The lowest BCUT2D eigenvalue weighted by Gasteiger charge is -2.34. The van der Waals surface area contributed by atoms with Crippen molar-refractivity contribution in [3.8, 4) is 0 Å². The summed E-state index contributed by atoms with van der Waals surface area (Å²) in [5.41, 5.74) is 1.68. The van der Waals surface area contributed by atoms with Crippen LogP contribution in [0.4, 0.5) is 0 Å². The van der Waals surface area contributed by atoms with Gasteiger partial charge in [0, 0.05) is 49.7 Å². The van der Waals surface area contributed by atoms with Gasteiger partial charge in [-0.05, 0) is 39.5 Å². The van der Waals surface area contributed by atoms with E-state index in [1.54, 1.807) is 10.8 Å². The van der Waals surface area contributed by atoms with Crippen LogP contribution in [0.2, 0.25) is 0 Å². The summed E-state index contributed by atoms with van der Waals surface area (Å²) in [5.74, 6) is 0. The molecule has 0 amide bonds. The van der Waals surface area contributed by atoms with Crippen LogP contribution in [0, 0.1) is 6.92 Å². The highest BCUT2D eigenvalue weighted by Crippen LogP contribution is 2.27. The van der Waals surface area contributed by atoms with Gasteiger partial charge in [0.25, 0.3) is 5.56 Å². The molecule has 1 N–H and O–H groups in total. The van der Waals surface area contributed by atoms with E-state index in [2.05, 4.69) is 14.9 Å². The summed E-state index contributed by atoms with van der Waals surface area (Å²) in [6.45, 7) is 7.55. The van der Waals surface area contributed by atoms with Gasteiger partial charge >= 0.3 is 5.69 Å². The molecule has 28 heavy (non-hydrogen) atoms. The largest absolute Gasteiger partial charge is 0.377 e. The third kappa shape index (κ3) is 3.56. The van der Waals surface area contributed by atoms with Crippen LogP contribution < -0.4 is 11.2 Å². The quantitative estimate of drug-likeness (QED) is 0.874. The average Bonchev–Trinajstić information content (AvgIpc) is 3.18. The third-order valence-electron chi connectivity index (χ3n) is 5.95. The smallest absolute Gasteiger partial charge is 0.329 e. The number of nitrogens with one attached hydrogen (secondary N) is 1. The van der Waals surface area contributed by atoms with E-state index in [-0.39, 0.29) is 17.3 Å². The fourth-order valence-electron chi connectivity index (χ4n) is 4.51. The highest BCUT2D eigenvalue weighted by atomic mass is 16.5. The fourth-order valence-corrected chi connectivity index (χ4v) is 4.51. The van der Waals surface area contributed by atoms with Crippen LogP contribution in [0.3, 0.4) is 0 Å². The zero-order valence-corrected chi connectivity index (χ0v) is 16.6. The highest BCUT2D eigenvalue weighted by molar-refractivity contribution is 5.87. The number of aromatic amines is 1. The summed E-state index contributed by atoms with van der Waals surface area (Å²) in [4.78, 5) is 34.5. The average molecular weight is 384 g/mol. The number of piperidine rings is 1. The summed E-state index contributed by atoms with van der Waals surface area (Å²) >= 11 is 0. The number of aryl methyl sites for hydroxylation is 1. The first-order valence-corrected chi connectivity index (χ1v) is 10.2. The zero-order valence-electron chi connectivity index (χ0n) is 16.6. The molecule has 2 aliphatic rings. The number of rotatable bonds is 4. The summed E-state index contributed by atoms with van der Waals surface area (Å²) in [7, 11) is 0. The van der Waals surface area contributed by atoms with Crippen LogP contribution in [-0.2, 0) is 4.74 Å². The Morgan fingerprint density at radius 2 is 2.07 bits per heavy atom. The first kappa shape index (κ1) is 19.1. The molecule has 7 heteroatoms. The summed E-state index contributed by atoms with van der Waals surface area (Å²) in [5, 5.41) is 0.472. The Bertz CT molecular complexity index is 993. The number of H-pyrrole nitrogens is 1. The van der Waals surface area contributed by atoms with Gasteiger partial charge in [-0.1, -0.05) is 12.2 Å². The lowest BCUT2D eigenvalue weighted by molar-refractivity contribution is 0.0606. The van der Waals surface area contributed by atoms with Crippen molar-refractivity contribution in [2.45, 2.75) is 51.7 Å². The van der Waals surface area contributed by atoms with Gasteiger partial charge in [-0.3, -0.25) is 19.3 Å². The maximum Gasteiger partial charge on any atom is 0.329 e. The molecule has 0 spiro atoms. The first-order valence-electron chi connectivity index (χ1n) is 10.2. The Hall–Kier alpha value is -2.25. The van der Waals surface area contributed by atoms with E-state index in [0.29, 0.717) is 17.0 Å². The van der Waals surface area contributed by atoms with Gasteiger partial charge in [0.1, 0.15) is 0 Å². The SMILES string of the molecule is C/C=C\c1c(C)ncc2c(=O)[nH]c(=O)n(C3CCN(CC4CCCO4)CC3)c12. The molecule has 150 valence electrons. The normalized spacial score (nSPS) is 21.9. The van der Waals surface area contributed by atoms with Gasteiger partial charge in [0.2, 0.25) is 0 Å². The molecule has 0 aromatic carbocycles. The lowest BCUT2D eigenvalue weighted by Crippen LogP contribution is -2.42. The first-order chi connectivity index (χ1) is 13.6. The minimum absolute atomic E-state index is 0.0680. The van der Waals surface area contributed by atoms with E-state index in [1.165, 1.54) is 0 Å². The van der Waals surface area contributed by atoms with Crippen LogP contribution in [0.15, 0.2) is 21.9 Å². The van der Waals surface area contributed by atoms with E-state index < -0.39 is 0 Å². The van der Waals surface area contributed by atoms with Crippen LogP contribution in [0.25, 0.3) is 17.0 Å². The van der Waals surface area contributed by atoms with Gasteiger partial charge < -0.3 is 9.64 Å². The van der Waals surface area contributed by atoms with Crippen molar-refractivity contribution in [3.63, 3.8) is 0 Å². The standard InChI is InChI=1S/C21H28N4O3/c1-3-5-17-14(2)22-12-18-19(17)25(21(27)23-20(18)26)15-7-9-24(10-8-15)13-16-6-4-11-28-16/h3,5,12,15-16H,4,6-11,13H2,1-2H3,(H,23,26,27)/b5-3-. The van der Waals surface area contributed by atoms with Crippen LogP contribution in [-0.4, -0.2) is 51.8 Å². The number of nitrogens with zero attached hydrogens (tertiary/aromatic N) is 3. The molecule has 2 aromatic rings. The van der Waals surface area contributed by atoms with E-state index >= 15 is 0 Å². The van der Waals surface area contributed by atoms with Crippen molar-refractivity contribution >= 4 is 17.0 Å². The van der Waals surface area contributed by atoms with Crippen molar-refractivity contribution in [2.75, 3.05) is 26.2 Å². The van der Waals surface area contributed by atoms with Crippen LogP contribution >= 0.6 is 0 Å². The maximum absolute atomic E-state index is 12.8. The van der Waals surface area contributed by atoms with Crippen molar-refractivity contribution < 1.29 is 4.74 Å². The second-order valence-electron chi connectivity index (χ2n) is 7.82. The molecular weight excluding hydrogens is 356 g/mol. The van der Waals surface area contributed by atoms with Gasteiger partial charge in [-0.15, -0.1) is 0 Å². The number of ether oxygens (including phenoxy) is 1. The fraction of sp³-hybridized carbons (Fsp3) is 0.571. The maximum atomic E-state index is 12.8. The number of pyridine rings is 1. The van der Waals surface area contributed by atoms with E-state index in [4.69, 9.17) is 4.74 Å². The Balaban J connectivity index is 1.68. The van der Waals surface area contributed by atoms with Gasteiger partial charge in [0.15, 0.2) is 0 Å². The minimum Gasteiger partial charge on any atom is -0.377 e. The molecule has 1 unspecified atom stereocenters. The number of hydrogen-bond acceptors (Lipinski definition) is 5. The Labute approximate surface area is 164 Å². The van der Waals surface area contributed by atoms with Gasteiger partial charge in [0.05, 0.1) is 17.0 Å². The van der Waals surface area contributed by atoms with Crippen molar-refractivity contribution in [1.29, 1.82) is 0 Å². The summed E-state index contributed by atoms with van der Waals surface area (Å²) in [6, 6.07) is 0.0680. The van der Waals surface area contributed by atoms with E-state index in [0.717, 1.165) is 63.2 Å². The molecule has 4 rings (SSSR count). The molecule has 4 heterocycles. The zero-order chi connectivity index (χ0) is 19.7. The Morgan fingerprint density at radius 1 is 1.29 bits per heavy atom. The third-order valence-corrected chi connectivity index (χ3v) is 5.95. The van der Waals surface area contributed by atoms with Crippen molar-refractivity contribution in [2.24, 2.45) is 0 Å². The van der Waals surface area contributed by atoms with Crippen LogP contribution in [0.1, 0.15) is 49.9 Å². The molecule has 2 fully saturated rings. The Kier molecular flexibility index (Phi) is 5.46. The second-order valence-corrected chi connectivity index (χ2v) is 7.82.